The van der Waals surface area contributed by atoms with Crippen molar-refractivity contribution in [3.8, 4) is 11.5 Å². The molecule has 0 aromatic heterocycles. The number of carboxylic acids is 1. The number of hydrogen-bond acceptors (Lipinski definition) is 7. The van der Waals surface area contributed by atoms with E-state index >= 15 is 0 Å². The molecule has 0 radical (unpaired) electrons. The minimum absolute atomic E-state index is 0.0852. The minimum Gasteiger partial charge on any atom is -0.506 e. The number of anilines is 1. The Morgan fingerprint density at radius 3 is 2.64 bits per heavy atom. The Bertz CT molecular complexity index is 1050. The second kappa shape index (κ2) is 7.85. The number of phenols is 2. The van der Waals surface area contributed by atoms with E-state index in [9.17, 15) is 34.8 Å². The molecule has 5 rings (SSSR count). The number of aromatic hydroxyl groups is 2. The molecule has 3 saturated carbocycles. The van der Waals surface area contributed by atoms with Gasteiger partial charge < -0.3 is 30.8 Å². The van der Waals surface area contributed by atoms with Gasteiger partial charge in [-0.2, -0.15) is 0 Å². The quantitative estimate of drug-likeness (QED) is 0.352. The second-order valence-corrected chi connectivity index (χ2v) is 10.0. The van der Waals surface area contributed by atoms with Crippen molar-refractivity contribution in [2.24, 2.45) is 22.7 Å². The monoisotopic (exact) mass is 459 g/mol. The molecule has 33 heavy (non-hydrogen) atoms. The first kappa shape index (κ1) is 23.3. The van der Waals surface area contributed by atoms with E-state index in [1.807, 2.05) is 13.0 Å². The van der Waals surface area contributed by atoms with Crippen LogP contribution in [0.1, 0.15) is 55.8 Å². The van der Waals surface area contributed by atoms with Crippen LogP contribution in [0.4, 0.5) is 5.69 Å². The zero-order valence-electron chi connectivity index (χ0n) is 18.4. The Hall–Kier alpha value is -2.91. The van der Waals surface area contributed by atoms with Crippen LogP contribution < -0.4 is 5.32 Å². The molecule has 1 unspecified atom stereocenters. The average molecular weight is 459 g/mol. The van der Waals surface area contributed by atoms with Gasteiger partial charge in [-0.1, -0.05) is 13.0 Å². The fourth-order valence-electron chi connectivity index (χ4n) is 6.36. The number of aliphatic hydroxyl groups is 2. The average Bonchev–Trinajstić information content (AvgIpc) is 2.78. The maximum Gasteiger partial charge on any atom is 0.339 e. The van der Waals surface area contributed by atoms with Crippen molar-refractivity contribution in [2.75, 3.05) is 11.9 Å². The number of rotatable bonds is 6. The van der Waals surface area contributed by atoms with Gasteiger partial charge in [-0.25, -0.2) is 4.79 Å². The van der Waals surface area contributed by atoms with Crippen LogP contribution in [-0.2, 0) is 9.59 Å². The zero-order chi connectivity index (χ0) is 24.2. The van der Waals surface area contributed by atoms with E-state index in [1.165, 1.54) is 6.08 Å². The molecule has 1 spiro atoms. The van der Waals surface area contributed by atoms with Gasteiger partial charge in [-0.15, -0.1) is 0 Å². The molecule has 178 valence electrons. The summed E-state index contributed by atoms with van der Waals surface area (Å²) in [5.41, 5.74) is -3.28. The van der Waals surface area contributed by atoms with Crippen molar-refractivity contribution in [2.45, 2.75) is 51.0 Å². The molecule has 4 aliphatic carbocycles. The van der Waals surface area contributed by atoms with Crippen molar-refractivity contribution in [3.63, 3.8) is 0 Å². The van der Waals surface area contributed by atoms with Crippen LogP contribution in [0.5, 0.6) is 11.5 Å². The lowest BCUT2D eigenvalue weighted by molar-refractivity contribution is -0.190. The number of benzene rings is 1. The van der Waals surface area contributed by atoms with E-state index in [4.69, 9.17) is 5.11 Å². The number of phenolic OH excluding ortho intramolecular Hbond substituents is 1. The summed E-state index contributed by atoms with van der Waals surface area (Å²) in [7, 11) is 0. The SMILES string of the molecule is C[C@@]1(CCC(=O)Nc2c(O)ccc(C(=O)O)c2O)C(=O)C=C[C@@]23CC[C@@H](CC21)[C@@](O)(CO)C3. The summed E-state index contributed by atoms with van der Waals surface area (Å²) < 4.78 is 0. The third-order valence-corrected chi connectivity index (χ3v) is 8.26. The number of fused-ring (bicyclic) bond motifs is 2. The van der Waals surface area contributed by atoms with Crippen molar-refractivity contribution < 1.29 is 39.9 Å². The van der Waals surface area contributed by atoms with E-state index in [0.29, 0.717) is 12.8 Å². The molecule has 2 bridgehead atoms. The van der Waals surface area contributed by atoms with Crippen LogP contribution in [0.15, 0.2) is 24.3 Å². The van der Waals surface area contributed by atoms with Gasteiger partial charge in [-0.3, -0.25) is 9.59 Å². The van der Waals surface area contributed by atoms with E-state index < -0.39 is 45.4 Å². The number of nitrogens with one attached hydrogen (secondary N) is 1. The molecule has 0 saturated heterocycles. The smallest absolute Gasteiger partial charge is 0.339 e. The van der Waals surface area contributed by atoms with Crippen LogP contribution in [-0.4, -0.2) is 55.4 Å². The van der Waals surface area contributed by atoms with Gasteiger partial charge in [0.25, 0.3) is 0 Å². The van der Waals surface area contributed by atoms with Crippen LogP contribution in [0.25, 0.3) is 0 Å². The van der Waals surface area contributed by atoms with Gasteiger partial charge in [0, 0.05) is 11.8 Å². The van der Waals surface area contributed by atoms with Crippen molar-refractivity contribution in [1.82, 2.24) is 0 Å². The Morgan fingerprint density at radius 1 is 1.24 bits per heavy atom. The highest BCUT2D eigenvalue weighted by molar-refractivity contribution is 6.00. The van der Waals surface area contributed by atoms with Gasteiger partial charge in [0.15, 0.2) is 11.5 Å². The van der Waals surface area contributed by atoms with Gasteiger partial charge >= 0.3 is 5.97 Å². The van der Waals surface area contributed by atoms with E-state index in [2.05, 4.69) is 5.32 Å². The summed E-state index contributed by atoms with van der Waals surface area (Å²) in [5, 5.41) is 52.3. The van der Waals surface area contributed by atoms with Gasteiger partial charge in [0.05, 0.1) is 12.2 Å². The number of aliphatic hydroxyl groups excluding tert-OH is 1. The molecule has 3 fully saturated rings. The summed E-state index contributed by atoms with van der Waals surface area (Å²) in [5.74, 6) is -3.49. The number of amides is 1. The number of carbonyl (C=O) groups excluding carboxylic acids is 2. The number of carboxylic acid groups (broad SMARTS) is 1. The molecule has 4 aliphatic rings. The molecule has 0 heterocycles. The Balaban J connectivity index is 1.53. The van der Waals surface area contributed by atoms with Crippen molar-refractivity contribution in [1.29, 1.82) is 0 Å². The molecular weight excluding hydrogens is 430 g/mol. The normalized spacial score (nSPS) is 34.7. The molecular formula is C24H29NO8. The lowest BCUT2D eigenvalue weighted by atomic mass is 9.42. The third-order valence-electron chi connectivity index (χ3n) is 8.26. The highest BCUT2D eigenvalue weighted by Gasteiger charge is 2.63. The molecule has 1 amide bonds. The summed E-state index contributed by atoms with van der Waals surface area (Å²) in [4.78, 5) is 36.9. The third kappa shape index (κ3) is 3.59. The molecule has 1 aromatic rings. The van der Waals surface area contributed by atoms with E-state index in [1.54, 1.807) is 0 Å². The molecule has 9 nitrogen and oxygen atoms in total. The first-order valence-corrected chi connectivity index (χ1v) is 11.1. The predicted octanol–water partition coefficient (Wildman–Crippen LogP) is 2.19. The standard InChI is InChI=1S/C24H29NO8/c1-22(7-6-18(29)25-19-15(27)3-2-14(20(19)30)21(31)32)16-10-13-4-8-23(16,9-5-17(22)28)11-24(13,33)12-26/h2-3,5,9,13,16,26-27,30,33H,4,6-8,10-12H2,1H3,(H,25,29)(H,31,32)/t13-,16?,22-,23+,24-/m0/s1. The fourth-order valence-corrected chi connectivity index (χ4v) is 6.36. The molecule has 0 aliphatic heterocycles. The highest BCUT2D eigenvalue weighted by atomic mass is 16.4. The summed E-state index contributed by atoms with van der Waals surface area (Å²) in [6.07, 6.45) is 6.05. The van der Waals surface area contributed by atoms with Crippen LogP contribution in [0.2, 0.25) is 0 Å². The Labute approximate surface area is 190 Å². The number of carbonyl (C=O) groups is 3. The van der Waals surface area contributed by atoms with Crippen LogP contribution in [0, 0.1) is 22.7 Å². The number of hydrogen-bond donors (Lipinski definition) is 6. The number of aromatic carboxylic acids is 1. The first-order valence-electron chi connectivity index (χ1n) is 11.1. The molecule has 5 atom stereocenters. The highest BCUT2D eigenvalue weighted by Crippen LogP contribution is 2.65. The summed E-state index contributed by atoms with van der Waals surface area (Å²) in [6.45, 7) is 1.51. The van der Waals surface area contributed by atoms with Gasteiger partial charge in [-0.05, 0) is 67.6 Å². The van der Waals surface area contributed by atoms with E-state index in [-0.39, 0.29) is 42.8 Å². The Kier molecular flexibility index (Phi) is 5.53. The molecule has 1 aromatic carbocycles. The topological polar surface area (TPSA) is 164 Å². The van der Waals surface area contributed by atoms with Crippen LogP contribution >= 0.6 is 0 Å². The van der Waals surface area contributed by atoms with Crippen molar-refractivity contribution in [3.05, 3.63) is 29.8 Å². The maximum atomic E-state index is 13.0. The second-order valence-electron chi connectivity index (χ2n) is 10.0. The number of ketones is 1. The fraction of sp³-hybridized carbons (Fsp3) is 0.542. The molecule has 6 N–H and O–H groups in total. The largest absolute Gasteiger partial charge is 0.506 e. The Morgan fingerprint density at radius 2 is 1.97 bits per heavy atom. The van der Waals surface area contributed by atoms with Crippen LogP contribution in [0.3, 0.4) is 0 Å². The minimum atomic E-state index is -1.41. The lowest BCUT2D eigenvalue weighted by Gasteiger charge is -2.63. The summed E-state index contributed by atoms with van der Waals surface area (Å²) >= 11 is 0. The first-order chi connectivity index (χ1) is 15.5. The summed E-state index contributed by atoms with van der Waals surface area (Å²) in [6, 6.07) is 2.10. The molecule has 9 heteroatoms. The van der Waals surface area contributed by atoms with Gasteiger partial charge in [0.1, 0.15) is 17.0 Å². The number of allylic oxidation sites excluding steroid dienone is 2. The predicted molar refractivity (Wildman–Crippen MR) is 117 cm³/mol. The maximum absolute atomic E-state index is 13.0. The zero-order valence-corrected chi connectivity index (χ0v) is 18.4. The van der Waals surface area contributed by atoms with Crippen molar-refractivity contribution >= 4 is 23.3 Å². The lowest BCUT2D eigenvalue weighted by Crippen LogP contribution is -2.62. The van der Waals surface area contributed by atoms with Gasteiger partial charge in [0.2, 0.25) is 5.91 Å². The van der Waals surface area contributed by atoms with E-state index in [0.717, 1.165) is 25.0 Å².